The molecule has 7 heteroatoms. The minimum absolute atomic E-state index is 0.0905. The molecule has 0 fully saturated rings. The molecule has 0 aliphatic carbocycles. The van der Waals surface area contributed by atoms with Gasteiger partial charge in [0.15, 0.2) is 0 Å². The predicted molar refractivity (Wildman–Crippen MR) is 89.1 cm³/mol. The standard InChI is InChI=1S/C17H15ClN2O4/c1-2-15(21)19-12-6-3-10(4-7-12)16(22)20-14-8-5-11(18)9-13(14)17(23)24/h3-9H,2H2,1H3,(H,19,21)(H,20,22)(H,23,24)/p-1. The molecule has 2 N–H and O–H groups in total. The molecule has 0 saturated carbocycles. The number of carboxylic acids is 1. The third kappa shape index (κ3) is 4.33. The maximum Gasteiger partial charge on any atom is 0.255 e. The van der Waals surface area contributed by atoms with Crippen LogP contribution in [0.5, 0.6) is 0 Å². The van der Waals surface area contributed by atoms with Gasteiger partial charge in [-0.1, -0.05) is 18.5 Å². The van der Waals surface area contributed by atoms with Crippen LogP contribution in [-0.2, 0) is 4.79 Å². The number of aromatic carboxylic acids is 1. The van der Waals surface area contributed by atoms with Crippen molar-refractivity contribution in [3.8, 4) is 0 Å². The Morgan fingerprint density at radius 3 is 2.29 bits per heavy atom. The zero-order valence-corrected chi connectivity index (χ0v) is 13.5. The highest BCUT2D eigenvalue weighted by Crippen LogP contribution is 2.21. The first-order valence-electron chi connectivity index (χ1n) is 7.13. The molecule has 24 heavy (non-hydrogen) atoms. The SMILES string of the molecule is CCC(=O)Nc1ccc(C(=O)Nc2ccc(Cl)cc2C(=O)[O-])cc1. The molecule has 0 aliphatic heterocycles. The van der Waals surface area contributed by atoms with E-state index in [4.69, 9.17) is 11.6 Å². The Morgan fingerprint density at radius 2 is 1.71 bits per heavy atom. The number of halogens is 1. The molecule has 0 atom stereocenters. The van der Waals surface area contributed by atoms with Gasteiger partial charge in [-0.25, -0.2) is 0 Å². The summed E-state index contributed by atoms with van der Waals surface area (Å²) in [7, 11) is 0. The molecule has 0 saturated heterocycles. The first-order chi connectivity index (χ1) is 11.4. The third-order valence-electron chi connectivity index (χ3n) is 3.20. The summed E-state index contributed by atoms with van der Waals surface area (Å²) >= 11 is 5.75. The second-order valence-corrected chi connectivity index (χ2v) is 5.35. The van der Waals surface area contributed by atoms with Gasteiger partial charge in [-0.15, -0.1) is 0 Å². The van der Waals surface area contributed by atoms with Crippen molar-refractivity contribution in [2.45, 2.75) is 13.3 Å². The van der Waals surface area contributed by atoms with Gasteiger partial charge < -0.3 is 20.5 Å². The highest BCUT2D eigenvalue weighted by Gasteiger charge is 2.11. The van der Waals surface area contributed by atoms with Crippen molar-refractivity contribution in [2.24, 2.45) is 0 Å². The number of hydrogen-bond donors (Lipinski definition) is 2. The molecule has 6 nitrogen and oxygen atoms in total. The molecule has 0 bridgehead atoms. The second kappa shape index (κ2) is 7.61. The van der Waals surface area contributed by atoms with E-state index in [1.165, 1.54) is 30.3 Å². The quantitative estimate of drug-likeness (QED) is 0.868. The molecule has 2 amide bonds. The van der Waals surface area contributed by atoms with Crippen LogP contribution in [0, 0.1) is 0 Å². The second-order valence-electron chi connectivity index (χ2n) is 4.91. The highest BCUT2D eigenvalue weighted by atomic mass is 35.5. The van der Waals surface area contributed by atoms with E-state index in [2.05, 4.69) is 10.6 Å². The Hall–Kier alpha value is -2.86. The molecular weight excluding hydrogens is 332 g/mol. The summed E-state index contributed by atoms with van der Waals surface area (Å²) in [6, 6.07) is 10.3. The molecule has 0 aromatic heterocycles. The number of hydrogen-bond acceptors (Lipinski definition) is 4. The van der Waals surface area contributed by atoms with E-state index in [1.807, 2.05) is 0 Å². The monoisotopic (exact) mass is 345 g/mol. The maximum atomic E-state index is 12.2. The van der Waals surface area contributed by atoms with Crippen LogP contribution in [0.4, 0.5) is 11.4 Å². The number of rotatable bonds is 5. The first-order valence-corrected chi connectivity index (χ1v) is 7.50. The summed E-state index contributed by atoms with van der Waals surface area (Å²) in [6.45, 7) is 1.73. The third-order valence-corrected chi connectivity index (χ3v) is 3.44. The van der Waals surface area contributed by atoms with Crippen LogP contribution in [0.3, 0.4) is 0 Å². The Morgan fingerprint density at radius 1 is 1.04 bits per heavy atom. The van der Waals surface area contributed by atoms with Gasteiger partial charge in [0.1, 0.15) is 0 Å². The zero-order valence-electron chi connectivity index (χ0n) is 12.8. The van der Waals surface area contributed by atoms with Crippen LogP contribution in [0.2, 0.25) is 5.02 Å². The van der Waals surface area contributed by atoms with Gasteiger partial charge in [0, 0.05) is 28.3 Å². The lowest BCUT2D eigenvalue weighted by Gasteiger charge is -2.12. The van der Waals surface area contributed by atoms with Gasteiger partial charge in [0.2, 0.25) is 5.91 Å². The van der Waals surface area contributed by atoms with Gasteiger partial charge in [0.05, 0.1) is 11.7 Å². The number of nitrogens with one attached hydrogen (secondary N) is 2. The van der Waals surface area contributed by atoms with Crippen LogP contribution < -0.4 is 15.7 Å². The zero-order chi connectivity index (χ0) is 17.7. The fourth-order valence-electron chi connectivity index (χ4n) is 1.94. The summed E-state index contributed by atoms with van der Waals surface area (Å²) in [5.41, 5.74) is 0.763. The van der Waals surface area contributed by atoms with Crippen molar-refractivity contribution in [1.82, 2.24) is 0 Å². The number of amides is 2. The van der Waals surface area contributed by atoms with Crippen molar-refractivity contribution in [2.75, 3.05) is 10.6 Å². The Labute approximate surface area is 143 Å². The first kappa shape index (κ1) is 17.5. The minimum Gasteiger partial charge on any atom is -0.545 e. The minimum atomic E-state index is -1.44. The smallest absolute Gasteiger partial charge is 0.255 e. The fourth-order valence-corrected chi connectivity index (χ4v) is 2.12. The van der Waals surface area contributed by atoms with Crippen molar-refractivity contribution in [3.05, 3.63) is 58.6 Å². The average molecular weight is 346 g/mol. The van der Waals surface area contributed by atoms with E-state index in [0.717, 1.165) is 0 Å². The fraction of sp³-hybridized carbons (Fsp3) is 0.118. The molecule has 2 rings (SSSR count). The Balaban J connectivity index is 2.16. The van der Waals surface area contributed by atoms with Crippen LogP contribution >= 0.6 is 11.6 Å². The summed E-state index contributed by atoms with van der Waals surface area (Å²) in [4.78, 5) is 34.6. The van der Waals surface area contributed by atoms with E-state index < -0.39 is 11.9 Å². The molecule has 2 aromatic rings. The van der Waals surface area contributed by atoms with Gasteiger partial charge in [-0.2, -0.15) is 0 Å². The molecule has 2 aromatic carbocycles. The van der Waals surface area contributed by atoms with E-state index in [0.29, 0.717) is 17.7 Å². The molecule has 0 radical (unpaired) electrons. The van der Waals surface area contributed by atoms with E-state index in [-0.39, 0.29) is 22.2 Å². The largest absolute Gasteiger partial charge is 0.545 e. The van der Waals surface area contributed by atoms with Crippen LogP contribution in [0.15, 0.2) is 42.5 Å². The molecule has 0 aliphatic rings. The number of anilines is 2. The van der Waals surface area contributed by atoms with Crippen molar-refractivity contribution in [1.29, 1.82) is 0 Å². The summed E-state index contributed by atoms with van der Waals surface area (Å²) in [5, 5.41) is 16.5. The van der Waals surface area contributed by atoms with E-state index >= 15 is 0 Å². The molecule has 0 unspecified atom stereocenters. The molecular formula is C17H14ClN2O4-. The molecule has 0 spiro atoms. The Bertz CT molecular complexity index is 788. The number of carbonyl (C=O) groups excluding carboxylic acids is 3. The lowest BCUT2D eigenvalue weighted by molar-refractivity contribution is -0.254. The maximum absolute atomic E-state index is 12.2. The molecule has 0 heterocycles. The summed E-state index contributed by atoms with van der Waals surface area (Å²) < 4.78 is 0. The predicted octanol–water partition coefficient (Wildman–Crippen LogP) is 2.30. The Kier molecular flexibility index (Phi) is 5.55. The lowest BCUT2D eigenvalue weighted by atomic mass is 10.1. The lowest BCUT2D eigenvalue weighted by Crippen LogP contribution is -2.25. The average Bonchev–Trinajstić information content (AvgIpc) is 2.56. The van der Waals surface area contributed by atoms with Crippen molar-refractivity contribution >= 4 is 40.8 Å². The van der Waals surface area contributed by atoms with Gasteiger partial charge in [-0.05, 0) is 42.5 Å². The van der Waals surface area contributed by atoms with Gasteiger partial charge in [0.25, 0.3) is 5.91 Å². The summed E-state index contributed by atoms with van der Waals surface area (Å²) in [5.74, 6) is -2.06. The van der Waals surface area contributed by atoms with Crippen molar-refractivity contribution in [3.63, 3.8) is 0 Å². The number of carboxylic acid groups (broad SMARTS) is 1. The normalized spacial score (nSPS) is 10.1. The van der Waals surface area contributed by atoms with E-state index in [9.17, 15) is 19.5 Å². The van der Waals surface area contributed by atoms with Crippen LogP contribution in [0.1, 0.15) is 34.1 Å². The number of carbonyl (C=O) groups is 3. The summed E-state index contributed by atoms with van der Waals surface area (Å²) in [6.07, 6.45) is 0.352. The van der Waals surface area contributed by atoms with Gasteiger partial charge >= 0.3 is 0 Å². The number of benzene rings is 2. The topological polar surface area (TPSA) is 98.3 Å². The van der Waals surface area contributed by atoms with Gasteiger partial charge in [-0.3, -0.25) is 9.59 Å². The highest BCUT2D eigenvalue weighted by molar-refractivity contribution is 6.31. The van der Waals surface area contributed by atoms with Crippen molar-refractivity contribution < 1.29 is 19.5 Å². The van der Waals surface area contributed by atoms with Crippen LogP contribution in [0.25, 0.3) is 0 Å². The van der Waals surface area contributed by atoms with Crippen LogP contribution in [-0.4, -0.2) is 17.8 Å². The molecule has 124 valence electrons. The van der Waals surface area contributed by atoms with E-state index in [1.54, 1.807) is 19.1 Å².